The Morgan fingerprint density at radius 3 is 1.32 bits per heavy atom. The van der Waals surface area contributed by atoms with Gasteiger partial charge in [0.15, 0.2) is 0 Å². The smallest absolute Gasteiger partial charge is 0.373 e. The molecule has 0 radical (unpaired) electrons. The van der Waals surface area contributed by atoms with E-state index in [0.717, 1.165) is 63.7 Å². The highest BCUT2D eigenvalue weighted by Crippen LogP contribution is 2.26. The standard InChI is InChI=1S/C16H38O3SSi2/c1-7-10-13-17-22(18-14-11-8-2,19-15-12-9-3)16-20-21(4,5)6/h7-16H2,1-6H3. The van der Waals surface area contributed by atoms with Gasteiger partial charge in [-0.15, -0.1) is 0 Å². The van der Waals surface area contributed by atoms with Gasteiger partial charge in [0.25, 0.3) is 0 Å². The Hall–Kier alpha value is 0.664. The topological polar surface area (TPSA) is 27.7 Å². The van der Waals surface area contributed by atoms with Gasteiger partial charge in [0.05, 0.1) is 5.38 Å². The molecule has 0 aliphatic carbocycles. The molecular weight excluding hydrogens is 328 g/mol. The molecule has 134 valence electrons. The van der Waals surface area contributed by atoms with Crippen LogP contribution in [0.3, 0.4) is 0 Å². The zero-order valence-electron chi connectivity index (χ0n) is 15.7. The summed E-state index contributed by atoms with van der Waals surface area (Å²) < 4.78 is 18.8. The van der Waals surface area contributed by atoms with Crippen molar-refractivity contribution in [3.8, 4) is 0 Å². The quantitative estimate of drug-likeness (QED) is 0.283. The summed E-state index contributed by atoms with van der Waals surface area (Å²) in [6.45, 7) is 16.0. The molecule has 0 saturated carbocycles. The largest absolute Gasteiger partial charge is 0.510 e. The second-order valence-electron chi connectivity index (χ2n) is 6.69. The van der Waals surface area contributed by atoms with Crippen LogP contribution >= 0.6 is 11.2 Å². The monoisotopic (exact) mass is 366 g/mol. The van der Waals surface area contributed by atoms with Crippen molar-refractivity contribution in [3.63, 3.8) is 0 Å². The SMILES string of the molecule is CCCCO[Si](CS[Si](C)(C)C)(OCCCC)OCCCC. The fraction of sp³-hybridized carbons (Fsp3) is 1.00. The first kappa shape index (κ1) is 22.7. The van der Waals surface area contributed by atoms with Gasteiger partial charge >= 0.3 is 8.80 Å². The third kappa shape index (κ3) is 12.1. The molecule has 3 nitrogen and oxygen atoms in total. The van der Waals surface area contributed by atoms with Crippen LogP contribution in [0.2, 0.25) is 19.6 Å². The van der Waals surface area contributed by atoms with Crippen LogP contribution in [0.15, 0.2) is 0 Å². The van der Waals surface area contributed by atoms with Gasteiger partial charge in [-0.25, -0.2) is 0 Å². The Labute approximate surface area is 144 Å². The molecule has 6 heteroatoms. The van der Waals surface area contributed by atoms with E-state index in [4.69, 9.17) is 13.3 Å². The van der Waals surface area contributed by atoms with Crippen molar-refractivity contribution in [3.05, 3.63) is 0 Å². The minimum atomic E-state index is -2.52. The van der Waals surface area contributed by atoms with E-state index in [-0.39, 0.29) is 0 Å². The van der Waals surface area contributed by atoms with Gasteiger partial charge in [0.2, 0.25) is 0 Å². The molecule has 0 aromatic carbocycles. The molecule has 0 N–H and O–H groups in total. The van der Waals surface area contributed by atoms with Crippen molar-refractivity contribution in [2.24, 2.45) is 0 Å². The third-order valence-electron chi connectivity index (χ3n) is 3.14. The highest BCUT2D eigenvalue weighted by molar-refractivity contribution is 8.29. The molecule has 0 amide bonds. The van der Waals surface area contributed by atoms with E-state index in [1.165, 1.54) is 0 Å². The van der Waals surface area contributed by atoms with Crippen LogP contribution in [0.25, 0.3) is 0 Å². The van der Waals surface area contributed by atoms with Crippen LogP contribution < -0.4 is 0 Å². The maximum atomic E-state index is 6.25. The van der Waals surface area contributed by atoms with Crippen LogP contribution in [0.5, 0.6) is 0 Å². The second kappa shape index (κ2) is 13.0. The van der Waals surface area contributed by atoms with E-state index in [1.807, 2.05) is 11.2 Å². The second-order valence-corrected chi connectivity index (χ2v) is 19.1. The van der Waals surface area contributed by atoms with Crippen LogP contribution in [-0.4, -0.2) is 41.2 Å². The average molecular weight is 367 g/mol. The van der Waals surface area contributed by atoms with Crippen molar-refractivity contribution >= 4 is 27.2 Å². The Bertz CT molecular complexity index is 234. The fourth-order valence-corrected chi connectivity index (χ4v) is 12.2. The van der Waals surface area contributed by atoms with Crippen LogP contribution in [0.1, 0.15) is 59.3 Å². The van der Waals surface area contributed by atoms with Gasteiger partial charge in [-0.1, -0.05) is 59.7 Å². The minimum absolute atomic E-state index is 0.771. The molecule has 0 fully saturated rings. The summed E-state index contributed by atoms with van der Waals surface area (Å²) in [5, 5.41) is 0.917. The Kier molecular flexibility index (Phi) is 13.4. The summed E-state index contributed by atoms with van der Waals surface area (Å²) in [6, 6.07) is 0. The molecule has 0 unspecified atom stereocenters. The van der Waals surface area contributed by atoms with E-state index < -0.39 is 16.0 Å². The number of hydrogen-bond donors (Lipinski definition) is 0. The Morgan fingerprint density at radius 1 is 0.682 bits per heavy atom. The van der Waals surface area contributed by atoms with E-state index >= 15 is 0 Å². The first-order chi connectivity index (χ1) is 10.4. The lowest BCUT2D eigenvalue weighted by Crippen LogP contribution is -2.50. The average Bonchev–Trinajstić information content (AvgIpc) is 2.45. The molecule has 0 bridgehead atoms. The van der Waals surface area contributed by atoms with Crippen LogP contribution in [-0.2, 0) is 13.3 Å². The van der Waals surface area contributed by atoms with E-state index in [0.29, 0.717) is 0 Å². The minimum Gasteiger partial charge on any atom is -0.373 e. The lowest BCUT2D eigenvalue weighted by Gasteiger charge is -2.31. The van der Waals surface area contributed by atoms with Gasteiger partial charge in [0.1, 0.15) is 7.22 Å². The maximum absolute atomic E-state index is 6.25. The van der Waals surface area contributed by atoms with Crippen molar-refractivity contribution in [2.75, 3.05) is 25.2 Å². The molecule has 22 heavy (non-hydrogen) atoms. The summed E-state index contributed by atoms with van der Waals surface area (Å²) >= 11 is 2.04. The summed E-state index contributed by atoms with van der Waals surface area (Å²) in [5.41, 5.74) is 0. The molecule has 0 aromatic rings. The van der Waals surface area contributed by atoms with Gasteiger partial charge in [-0.2, -0.15) is 11.2 Å². The predicted molar refractivity (Wildman–Crippen MR) is 104 cm³/mol. The van der Waals surface area contributed by atoms with Gasteiger partial charge in [-0.05, 0) is 19.3 Å². The molecule has 0 rings (SSSR count). The fourth-order valence-electron chi connectivity index (χ4n) is 1.67. The number of hydrogen-bond acceptors (Lipinski definition) is 4. The number of unbranched alkanes of at least 4 members (excludes halogenated alkanes) is 3. The lowest BCUT2D eigenvalue weighted by atomic mass is 10.4. The molecule has 0 atom stereocenters. The molecule has 0 aromatic heterocycles. The zero-order valence-corrected chi connectivity index (χ0v) is 18.5. The zero-order chi connectivity index (χ0) is 16.9. The summed E-state index contributed by atoms with van der Waals surface area (Å²) in [7, 11) is -3.72. The first-order valence-electron chi connectivity index (χ1n) is 8.95. The maximum Gasteiger partial charge on any atom is 0.510 e. The first-order valence-corrected chi connectivity index (χ1v) is 16.1. The van der Waals surface area contributed by atoms with E-state index in [1.54, 1.807) is 0 Å². The van der Waals surface area contributed by atoms with E-state index in [9.17, 15) is 0 Å². The van der Waals surface area contributed by atoms with Crippen molar-refractivity contribution in [1.82, 2.24) is 0 Å². The molecule has 0 aliphatic heterocycles. The molecule has 0 aliphatic rings. The van der Waals surface area contributed by atoms with Gasteiger partial charge in [-0.3, -0.25) is 0 Å². The Morgan fingerprint density at radius 2 is 1.05 bits per heavy atom. The van der Waals surface area contributed by atoms with Crippen molar-refractivity contribution in [1.29, 1.82) is 0 Å². The lowest BCUT2D eigenvalue weighted by molar-refractivity contribution is 0.0619. The molecule has 0 spiro atoms. The third-order valence-corrected chi connectivity index (χ3v) is 11.8. The summed E-state index contributed by atoms with van der Waals surface area (Å²) in [4.78, 5) is 0. The van der Waals surface area contributed by atoms with Gasteiger partial charge < -0.3 is 13.3 Å². The van der Waals surface area contributed by atoms with Crippen molar-refractivity contribution < 1.29 is 13.3 Å². The molecular formula is C16H38O3SSi2. The van der Waals surface area contributed by atoms with Crippen molar-refractivity contribution in [2.45, 2.75) is 78.9 Å². The number of rotatable bonds is 15. The normalized spacial score (nSPS) is 12.8. The van der Waals surface area contributed by atoms with Gasteiger partial charge in [0, 0.05) is 19.8 Å². The Balaban J connectivity index is 4.75. The molecule has 0 heterocycles. The summed E-state index contributed by atoms with van der Waals surface area (Å²) in [5.74, 6) is 0. The van der Waals surface area contributed by atoms with Crippen LogP contribution in [0.4, 0.5) is 0 Å². The highest BCUT2D eigenvalue weighted by atomic mass is 32.4. The highest BCUT2D eigenvalue weighted by Gasteiger charge is 2.42. The molecule has 0 saturated heterocycles. The van der Waals surface area contributed by atoms with Crippen LogP contribution in [0, 0.1) is 0 Å². The predicted octanol–water partition coefficient (Wildman–Crippen LogP) is 5.48. The van der Waals surface area contributed by atoms with E-state index in [2.05, 4.69) is 40.4 Å². The summed E-state index contributed by atoms with van der Waals surface area (Å²) in [6.07, 6.45) is 6.70.